The number of carboxylic acid groups (broad SMARTS) is 1. The van der Waals surface area contributed by atoms with E-state index in [1.807, 2.05) is 47.9 Å². The summed E-state index contributed by atoms with van der Waals surface area (Å²) in [6.07, 6.45) is 0. The lowest BCUT2D eigenvalue weighted by atomic mass is 9.96. The van der Waals surface area contributed by atoms with Crippen molar-refractivity contribution in [2.45, 2.75) is 33.7 Å². The van der Waals surface area contributed by atoms with Gasteiger partial charge in [0.25, 0.3) is 0 Å². The van der Waals surface area contributed by atoms with E-state index >= 15 is 0 Å². The van der Waals surface area contributed by atoms with Crippen molar-refractivity contribution in [3.63, 3.8) is 0 Å². The minimum absolute atomic E-state index is 0.215. The summed E-state index contributed by atoms with van der Waals surface area (Å²) in [4.78, 5) is 18.2. The molecule has 0 amide bonds. The number of nitrogens with zero attached hydrogens (tertiary/aromatic N) is 4. The summed E-state index contributed by atoms with van der Waals surface area (Å²) < 4.78 is 1.96. The van der Waals surface area contributed by atoms with E-state index in [9.17, 15) is 15.0 Å². The van der Waals surface area contributed by atoms with Gasteiger partial charge < -0.3 is 10.2 Å². The van der Waals surface area contributed by atoms with Crippen molar-refractivity contribution >= 4 is 23.0 Å². The van der Waals surface area contributed by atoms with Crippen molar-refractivity contribution in [3.8, 4) is 21.9 Å². The van der Waals surface area contributed by atoms with Crippen LogP contribution in [0, 0.1) is 26.7 Å². The number of aromatic nitrogens is 3. The quantitative estimate of drug-likeness (QED) is 0.423. The van der Waals surface area contributed by atoms with Gasteiger partial charge >= 0.3 is 5.97 Å². The van der Waals surface area contributed by atoms with Crippen LogP contribution in [0.1, 0.15) is 46.2 Å². The van der Waals surface area contributed by atoms with Crippen LogP contribution in [-0.4, -0.2) is 36.7 Å². The summed E-state index contributed by atoms with van der Waals surface area (Å²) in [6, 6.07) is 14.4. The van der Waals surface area contributed by atoms with Gasteiger partial charge in [0.1, 0.15) is 22.6 Å². The molecule has 1 aliphatic rings. The van der Waals surface area contributed by atoms with E-state index < -0.39 is 17.9 Å². The molecule has 0 fully saturated rings. The molecular formula is C26H24N4O3S. The average Bonchev–Trinajstić information content (AvgIpc) is 3.28. The number of aliphatic carboxylic acids is 1. The van der Waals surface area contributed by atoms with Crippen LogP contribution >= 0.6 is 11.3 Å². The van der Waals surface area contributed by atoms with Crippen LogP contribution in [0.4, 0.5) is 0 Å². The molecule has 0 radical (unpaired) electrons. The highest BCUT2D eigenvalue weighted by Gasteiger charge is 2.36. The molecule has 34 heavy (non-hydrogen) atoms. The van der Waals surface area contributed by atoms with Gasteiger partial charge in [0.05, 0.1) is 11.6 Å². The second-order valence-electron chi connectivity index (χ2n) is 8.58. The lowest BCUT2D eigenvalue weighted by molar-refractivity contribution is -0.141. The van der Waals surface area contributed by atoms with E-state index in [0.29, 0.717) is 11.6 Å². The number of aromatic hydroxyl groups is 1. The smallest absolute Gasteiger partial charge is 0.308 e. The van der Waals surface area contributed by atoms with Crippen molar-refractivity contribution < 1.29 is 15.0 Å². The van der Waals surface area contributed by atoms with Crippen LogP contribution in [0.2, 0.25) is 0 Å². The molecule has 2 N–H and O–H groups in total. The van der Waals surface area contributed by atoms with Crippen LogP contribution in [0.5, 0.6) is 5.75 Å². The predicted molar refractivity (Wildman–Crippen MR) is 132 cm³/mol. The monoisotopic (exact) mass is 472 g/mol. The van der Waals surface area contributed by atoms with Gasteiger partial charge in [-0.05, 0) is 56.5 Å². The number of carboxylic acids is 1. The van der Waals surface area contributed by atoms with Crippen molar-refractivity contribution in [1.82, 2.24) is 14.8 Å². The maximum atomic E-state index is 12.0. The van der Waals surface area contributed by atoms with Gasteiger partial charge in [0, 0.05) is 16.0 Å². The molecule has 2 aromatic heterocycles. The number of aliphatic imine (C=N–C) groups is 1. The maximum Gasteiger partial charge on any atom is 0.308 e. The Labute approximate surface area is 201 Å². The highest BCUT2D eigenvalue weighted by molar-refractivity contribution is 7.15. The Kier molecular flexibility index (Phi) is 5.32. The summed E-state index contributed by atoms with van der Waals surface area (Å²) in [5, 5.41) is 29.2. The first-order valence-electron chi connectivity index (χ1n) is 11.0. The first-order chi connectivity index (χ1) is 16.3. The zero-order valence-corrected chi connectivity index (χ0v) is 20.1. The number of phenols is 1. The van der Waals surface area contributed by atoms with Crippen molar-refractivity contribution in [2.75, 3.05) is 0 Å². The molecule has 7 nitrogen and oxygen atoms in total. The molecule has 0 bridgehead atoms. The number of thiophene rings is 1. The van der Waals surface area contributed by atoms with Gasteiger partial charge in [0.15, 0.2) is 5.82 Å². The molecule has 0 spiro atoms. The number of fused-ring (bicyclic) bond motifs is 3. The molecule has 0 saturated heterocycles. The number of rotatable bonds is 4. The summed E-state index contributed by atoms with van der Waals surface area (Å²) in [5.74, 6) is -0.248. The Balaban J connectivity index is 1.71. The fraction of sp³-hybridized carbons (Fsp3) is 0.231. The Bertz CT molecular complexity index is 1450. The summed E-state index contributed by atoms with van der Waals surface area (Å²) >= 11 is 1.64. The molecule has 172 valence electrons. The third kappa shape index (κ3) is 3.51. The van der Waals surface area contributed by atoms with Crippen LogP contribution in [0.25, 0.3) is 16.1 Å². The Morgan fingerprint density at radius 3 is 2.41 bits per heavy atom. The van der Waals surface area contributed by atoms with E-state index in [4.69, 9.17) is 4.99 Å². The molecule has 0 saturated carbocycles. The standard InChI is InChI=1S/C26H24N4O3S/c1-13-15(3)34-25-21(13)23(18-10-8-17(9-11-18)19-6-5-7-20(31)12-19)27-22(14(2)26(32)33)24-29-28-16(4)30(24)25/h5-12,14,22,31H,1-4H3,(H,32,33)/t14?,22-/m0/s1. The number of hydrogen-bond acceptors (Lipinski definition) is 6. The first-order valence-corrected chi connectivity index (χ1v) is 11.8. The fourth-order valence-electron chi connectivity index (χ4n) is 4.32. The number of aryl methyl sites for hydroxylation is 2. The van der Waals surface area contributed by atoms with E-state index in [1.165, 1.54) is 0 Å². The molecule has 5 rings (SSSR count). The van der Waals surface area contributed by atoms with Gasteiger partial charge in [-0.1, -0.05) is 36.4 Å². The Hall–Kier alpha value is -3.78. The van der Waals surface area contributed by atoms with Crippen LogP contribution in [0.15, 0.2) is 53.5 Å². The number of phenolic OH excluding ortho intramolecular Hbond substituents is 1. The zero-order chi connectivity index (χ0) is 24.1. The van der Waals surface area contributed by atoms with Crippen LogP contribution < -0.4 is 0 Å². The zero-order valence-electron chi connectivity index (χ0n) is 19.3. The van der Waals surface area contributed by atoms with Gasteiger partial charge in [0.2, 0.25) is 0 Å². The van der Waals surface area contributed by atoms with Crippen molar-refractivity contribution in [1.29, 1.82) is 0 Å². The third-order valence-electron chi connectivity index (χ3n) is 6.39. The average molecular weight is 473 g/mol. The molecule has 1 aliphatic heterocycles. The molecule has 0 aliphatic carbocycles. The molecule has 2 aromatic carbocycles. The number of benzene rings is 2. The topological polar surface area (TPSA) is 101 Å². The van der Waals surface area contributed by atoms with E-state index in [2.05, 4.69) is 24.0 Å². The van der Waals surface area contributed by atoms with Crippen LogP contribution in [-0.2, 0) is 4.79 Å². The Morgan fingerprint density at radius 1 is 1.03 bits per heavy atom. The summed E-state index contributed by atoms with van der Waals surface area (Å²) in [6.45, 7) is 7.68. The maximum absolute atomic E-state index is 12.0. The SMILES string of the molecule is Cc1sc2c(c1C)C(c1ccc(-c3cccc(O)c3)cc1)=N[C@@H](C(C)C(=O)O)c1nnc(C)n1-2. The normalized spacial score (nSPS) is 15.8. The summed E-state index contributed by atoms with van der Waals surface area (Å²) in [5.41, 5.74) is 5.62. The second kappa shape index (κ2) is 8.22. The molecule has 4 aromatic rings. The lowest BCUT2D eigenvalue weighted by Gasteiger charge is -2.16. The van der Waals surface area contributed by atoms with Gasteiger partial charge in [-0.2, -0.15) is 0 Å². The molecular weight excluding hydrogens is 448 g/mol. The minimum atomic E-state index is -0.933. The van der Waals surface area contributed by atoms with E-state index in [1.54, 1.807) is 30.4 Å². The van der Waals surface area contributed by atoms with Crippen LogP contribution in [0.3, 0.4) is 0 Å². The fourth-order valence-corrected chi connectivity index (χ4v) is 5.54. The van der Waals surface area contributed by atoms with Gasteiger partial charge in [-0.25, -0.2) is 0 Å². The highest BCUT2D eigenvalue weighted by atomic mass is 32.1. The summed E-state index contributed by atoms with van der Waals surface area (Å²) in [7, 11) is 0. The minimum Gasteiger partial charge on any atom is -0.508 e. The molecule has 1 unspecified atom stereocenters. The van der Waals surface area contributed by atoms with E-state index in [-0.39, 0.29) is 5.75 Å². The number of hydrogen-bond donors (Lipinski definition) is 2. The molecule has 2 atom stereocenters. The molecule has 3 heterocycles. The van der Waals surface area contributed by atoms with E-state index in [0.717, 1.165) is 43.4 Å². The second-order valence-corrected chi connectivity index (χ2v) is 9.78. The van der Waals surface area contributed by atoms with Crippen molar-refractivity contribution in [2.24, 2.45) is 10.9 Å². The van der Waals surface area contributed by atoms with Gasteiger partial charge in [-0.3, -0.25) is 14.4 Å². The highest BCUT2D eigenvalue weighted by Crippen LogP contribution is 2.40. The first kappa shape index (κ1) is 22.0. The largest absolute Gasteiger partial charge is 0.508 e. The van der Waals surface area contributed by atoms with Gasteiger partial charge in [-0.15, -0.1) is 21.5 Å². The lowest BCUT2D eigenvalue weighted by Crippen LogP contribution is -2.21. The van der Waals surface area contributed by atoms with Crippen molar-refractivity contribution in [3.05, 3.63) is 81.7 Å². The number of carbonyl (C=O) groups is 1. The third-order valence-corrected chi connectivity index (χ3v) is 7.58. The molecule has 8 heteroatoms. The predicted octanol–water partition coefficient (Wildman–Crippen LogP) is 5.24. The Morgan fingerprint density at radius 2 is 1.74 bits per heavy atom.